The summed E-state index contributed by atoms with van der Waals surface area (Å²) in [6.45, 7) is 3.22. The van der Waals surface area contributed by atoms with Crippen molar-refractivity contribution < 1.29 is 14.3 Å². The zero-order chi connectivity index (χ0) is 23.0. The Bertz CT molecular complexity index is 1140. The first-order valence-electron chi connectivity index (χ1n) is 11.2. The van der Waals surface area contributed by atoms with Gasteiger partial charge in [-0.15, -0.1) is 5.10 Å². The molecule has 2 aromatic carbocycles. The molecule has 1 saturated heterocycles. The van der Waals surface area contributed by atoms with Gasteiger partial charge in [-0.25, -0.2) is 4.68 Å². The van der Waals surface area contributed by atoms with Gasteiger partial charge in [0.1, 0.15) is 24.4 Å². The van der Waals surface area contributed by atoms with Crippen molar-refractivity contribution in [3.8, 4) is 5.75 Å². The van der Waals surface area contributed by atoms with E-state index in [0.29, 0.717) is 30.1 Å². The molecule has 1 aliphatic heterocycles. The Morgan fingerprint density at radius 1 is 1.21 bits per heavy atom. The van der Waals surface area contributed by atoms with Crippen molar-refractivity contribution in [1.82, 2.24) is 25.2 Å². The van der Waals surface area contributed by atoms with E-state index in [1.54, 1.807) is 24.3 Å². The van der Waals surface area contributed by atoms with Crippen LogP contribution in [-0.4, -0.2) is 65.3 Å². The number of amides is 1. The molecule has 1 N–H and O–H groups in total. The summed E-state index contributed by atoms with van der Waals surface area (Å²) in [4.78, 5) is 27.2. The summed E-state index contributed by atoms with van der Waals surface area (Å²) in [5.41, 5.74) is 1.09. The third-order valence-corrected chi connectivity index (χ3v) is 5.84. The van der Waals surface area contributed by atoms with E-state index in [2.05, 4.69) is 27.6 Å². The van der Waals surface area contributed by atoms with Crippen LogP contribution in [0.4, 0.5) is 0 Å². The summed E-state index contributed by atoms with van der Waals surface area (Å²) in [6, 6.07) is 15.1. The van der Waals surface area contributed by atoms with Gasteiger partial charge >= 0.3 is 0 Å². The Labute approximate surface area is 192 Å². The van der Waals surface area contributed by atoms with Crippen LogP contribution in [0, 0.1) is 0 Å². The monoisotopic (exact) mass is 451 g/mol. The molecule has 9 heteroatoms. The molecule has 0 aliphatic carbocycles. The van der Waals surface area contributed by atoms with Crippen LogP contribution in [0.5, 0.6) is 5.75 Å². The number of likely N-dealkylation sites (N-methyl/N-ethyl adjacent to an activating group) is 1. The van der Waals surface area contributed by atoms with Crippen molar-refractivity contribution >= 4 is 16.8 Å². The van der Waals surface area contributed by atoms with Crippen molar-refractivity contribution in [2.45, 2.75) is 32.0 Å². The zero-order valence-electron chi connectivity index (χ0n) is 18.8. The molecule has 4 rings (SSSR count). The van der Waals surface area contributed by atoms with Crippen LogP contribution < -0.4 is 15.6 Å². The lowest BCUT2D eigenvalue weighted by Gasteiger charge is -2.31. The van der Waals surface area contributed by atoms with Crippen LogP contribution in [0.25, 0.3) is 10.9 Å². The van der Waals surface area contributed by atoms with Crippen LogP contribution in [0.2, 0.25) is 0 Å². The predicted octanol–water partition coefficient (Wildman–Crippen LogP) is 1.60. The highest BCUT2D eigenvalue weighted by Crippen LogP contribution is 2.15. The Morgan fingerprint density at radius 2 is 2.03 bits per heavy atom. The lowest BCUT2D eigenvalue weighted by Crippen LogP contribution is -2.38. The first-order chi connectivity index (χ1) is 16.1. The van der Waals surface area contributed by atoms with Gasteiger partial charge in [-0.3, -0.25) is 14.5 Å². The number of nitrogens with zero attached hydrogens (tertiary/aromatic N) is 4. The molecule has 9 nitrogen and oxygen atoms in total. The number of rotatable bonds is 9. The van der Waals surface area contributed by atoms with Gasteiger partial charge in [-0.2, -0.15) is 0 Å². The summed E-state index contributed by atoms with van der Waals surface area (Å²) in [5.74, 6) is 0.449. The average molecular weight is 452 g/mol. The number of carbonyl (C=O) groups excluding carboxylic acids is 1. The van der Waals surface area contributed by atoms with Gasteiger partial charge < -0.3 is 14.8 Å². The van der Waals surface area contributed by atoms with Crippen LogP contribution in [0.3, 0.4) is 0 Å². The first-order valence-corrected chi connectivity index (χ1v) is 11.2. The van der Waals surface area contributed by atoms with E-state index in [0.717, 1.165) is 48.6 Å². The van der Waals surface area contributed by atoms with Crippen LogP contribution in [0.1, 0.15) is 18.4 Å². The average Bonchev–Trinajstić information content (AvgIpc) is 2.85. The summed E-state index contributed by atoms with van der Waals surface area (Å²) >= 11 is 0. The molecule has 174 valence electrons. The molecule has 0 unspecified atom stereocenters. The van der Waals surface area contributed by atoms with E-state index < -0.39 is 0 Å². The van der Waals surface area contributed by atoms with Crippen molar-refractivity contribution in [3.05, 3.63) is 64.4 Å². The van der Waals surface area contributed by atoms with Gasteiger partial charge in [0.25, 0.3) is 5.56 Å². The normalized spacial score (nSPS) is 14.5. The lowest BCUT2D eigenvalue weighted by molar-refractivity contribution is -0.122. The Balaban J connectivity index is 1.26. The Morgan fingerprint density at radius 3 is 2.88 bits per heavy atom. The van der Waals surface area contributed by atoms with E-state index in [4.69, 9.17) is 9.47 Å². The SMILES string of the molecule is CN(CCOc1cccc(CNC(=O)Cn2nnc3ccccc3c2=O)c1)C1CCOCC1. The zero-order valence-corrected chi connectivity index (χ0v) is 18.8. The van der Waals surface area contributed by atoms with Crippen molar-refractivity contribution in [2.75, 3.05) is 33.4 Å². The lowest BCUT2D eigenvalue weighted by atomic mass is 10.1. The number of nitrogens with one attached hydrogen (secondary N) is 1. The summed E-state index contributed by atoms with van der Waals surface area (Å²) in [6.07, 6.45) is 2.12. The van der Waals surface area contributed by atoms with E-state index in [9.17, 15) is 9.59 Å². The third kappa shape index (κ3) is 6.15. The van der Waals surface area contributed by atoms with E-state index in [1.165, 1.54) is 0 Å². The van der Waals surface area contributed by atoms with E-state index in [-0.39, 0.29) is 18.0 Å². The number of fused-ring (bicyclic) bond motifs is 1. The van der Waals surface area contributed by atoms with E-state index >= 15 is 0 Å². The van der Waals surface area contributed by atoms with Gasteiger partial charge in [0.2, 0.25) is 5.91 Å². The fraction of sp³-hybridized carbons (Fsp3) is 0.417. The Hall–Kier alpha value is -3.30. The molecule has 0 radical (unpaired) electrons. The molecule has 0 bridgehead atoms. The summed E-state index contributed by atoms with van der Waals surface area (Å²) < 4.78 is 12.4. The molecule has 33 heavy (non-hydrogen) atoms. The highest BCUT2D eigenvalue weighted by molar-refractivity contribution is 5.78. The van der Waals surface area contributed by atoms with Crippen LogP contribution >= 0.6 is 0 Å². The van der Waals surface area contributed by atoms with Crippen molar-refractivity contribution in [2.24, 2.45) is 0 Å². The maximum atomic E-state index is 12.5. The molecule has 1 fully saturated rings. The molecule has 1 aromatic heterocycles. The second-order valence-corrected chi connectivity index (χ2v) is 8.17. The minimum absolute atomic E-state index is 0.189. The largest absolute Gasteiger partial charge is 0.492 e. The quantitative estimate of drug-likeness (QED) is 0.528. The number of hydrogen-bond acceptors (Lipinski definition) is 7. The first kappa shape index (κ1) is 22.9. The molecule has 0 spiro atoms. The molecular weight excluding hydrogens is 422 g/mol. The molecule has 1 aliphatic rings. The predicted molar refractivity (Wildman–Crippen MR) is 124 cm³/mol. The van der Waals surface area contributed by atoms with E-state index in [1.807, 2.05) is 24.3 Å². The van der Waals surface area contributed by atoms with Gasteiger partial charge in [0, 0.05) is 32.3 Å². The number of hydrogen-bond donors (Lipinski definition) is 1. The molecule has 0 saturated carbocycles. The molecule has 1 amide bonds. The van der Waals surface area contributed by atoms with Crippen LogP contribution in [0.15, 0.2) is 53.3 Å². The number of aromatic nitrogens is 3. The van der Waals surface area contributed by atoms with Gasteiger partial charge in [-0.05, 0) is 49.7 Å². The topological polar surface area (TPSA) is 98.6 Å². The van der Waals surface area contributed by atoms with Crippen molar-refractivity contribution in [1.29, 1.82) is 0 Å². The molecule has 3 aromatic rings. The highest BCUT2D eigenvalue weighted by Gasteiger charge is 2.18. The second-order valence-electron chi connectivity index (χ2n) is 8.17. The molecular formula is C24H29N5O4. The van der Waals surface area contributed by atoms with Crippen molar-refractivity contribution in [3.63, 3.8) is 0 Å². The fourth-order valence-electron chi connectivity index (χ4n) is 3.88. The third-order valence-electron chi connectivity index (χ3n) is 5.84. The number of carbonyl (C=O) groups is 1. The van der Waals surface area contributed by atoms with Gasteiger partial charge in [0.15, 0.2) is 0 Å². The Kier molecular flexibility index (Phi) is 7.64. The second kappa shape index (κ2) is 11.0. The van der Waals surface area contributed by atoms with Gasteiger partial charge in [-0.1, -0.05) is 29.5 Å². The molecule has 0 atom stereocenters. The maximum absolute atomic E-state index is 12.5. The fourth-order valence-corrected chi connectivity index (χ4v) is 3.88. The summed E-state index contributed by atoms with van der Waals surface area (Å²) in [7, 11) is 2.12. The number of ether oxygens (including phenoxy) is 2. The van der Waals surface area contributed by atoms with Crippen LogP contribution in [-0.2, 0) is 22.6 Å². The standard InChI is InChI=1S/C24H29N5O4/c1-28(19-9-12-32-13-10-19)11-14-33-20-6-4-5-18(15-20)16-25-23(30)17-29-24(31)21-7-2-3-8-22(21)26-27-29/h2-8,15,19H,9-14,16-17H2,1H3,(H,25,30). The molecule has 2 heterocycles. The summed E-state index contributed by atoms with van der Waals surface area (Å²) in [5, 5.41) is 11.1. The minimum atomic E-state index is -0.336. The maximum Gasteiger partial charge on any atom is 0.278 e. The number of benzene rings is 2. The highest BCUT2D eigenvalue weighted by atomic mass is 16.5. The minimum Gasteiger partial charge on any atom is -0.492 e. The smallest absolute Gasteiger partial charge is 0.278 e. The van der Waals surface area contributed by atoms with Gasteiger partial charge in [0.05, 0.1) is 5.39 Å².